The molecule has 2 N–H and O–H groups in total. The van der Waals surface area contributed by atoms with Crippen LogP contribution in [0, 0.1) is 11.8 Å². The van der Waals surface area contributed by atoms with Gasteiger partial charge in [0, 0.05) is 12.8 Å². The van der Waals surface area contributed by atoms with Gasteiger partial charge in [-0.3, -0.25) is 20.1 Å². The summed E-state index contributed by atoms with van der Waals surface area (Å²) < 4.78 is 22.3. The van der Waals surface area contributed by atoms with Gasteiger partial charge in [-0.05, 0) is 48.2 Å². The summed E-state index contributed by atoms with van der Waals surface area (Å²) in [6.07, 6.45) is 19.9. The molecule has 4 atom stereocenters. The predicted molar refractivity (Wildman–Crippen MR) is 277 cm³/mol. The van der Waals surface area contributed by atoms with Crippen LogP contribution >= 0.6 is 0 Å². The van der Waals surface area contributed by atoms with Gasteiger partial charge in [0.2, 0.25) is 0 Å². The van der Waals surface area contributed by atoms with E-state index in [1.807, 2.05) is 135 Å². The highest BCUT2D eigenvalue weighted by atomic mass is 17.1. The number of hydrogen-bond donors (Lipinski definition) is 2. The van der Waals surface area contributed by atoms with Gasteiger partial charge in [-0.2, -0.15) is 0 Å². The van der Waals surface area contributed by atoms with Crippen LogP contribution in [0.3, 0.4) is 0 Å². The standard InChI is InChI=1S/C29H42O5.C27H38O5.2CH2O/c1-2-3-4-5-6-7-8-9-16-21-27(28(34-31)24-25-17-12-10-13-18-25)29(30)33-23-22-32-26-19-14-11-15-20-26;1-2-3-4-5-6-7-14-19-25(26(32-29)22-23-15-10-8-11-16-23)27(28)31-21-20-30-24-17-12-9-13-18-24;2*1-2/h10-15,17-20,27-28,31H,2-9,16,21-24H2,1H3;8-13,15-18,25-26,29H,2-7,14,19-22H2,1H3;2*1H2. The van der Waals surface area contributed by atoms with E-state index in [2.05, 4.69) is 13.8 Å². The molecule has 12 heteroatoms. The first kappa shape index (κ1) is 62.6. The van der Waals surface area contributed by atoms with Gasteiger partial charge in [-0.1, -0.05) is 214 Å². The molecule has 0 bridgehead atoms. The molecule has 0 aliphatic heterocycles. The number of esters is 2. The molecule has 0 aliphatic rings. The molecule has 0 saturated heterocycles. The summed E-state index contributed by atoms with van der Waals surface area (Å²) in [5.41, 5.74) is 2.02. The van der Waals surface area contributed by atoms with E-state index in [1.165, 1.54) is 70.6 Å². The van der Waals surface area contributed by atoms with Crippen LogP contribution in [-0.4, -0.2) is 74.7 Å². The Labute approximate surface area is 419 Å². The molecule has 70 heavy (non-hydrogen) atoms. The van der Waals surface area contributed by atoms with Crippen LogP contribution in [0.1, 0.15) is 141 Å². The van der Waals surface area contributed by atoms with Gasteiger partial charge in [0.1, 0.15) is 63.7 Å². The quantitative estimate of drug-likeness (QED) is 0.0192. The number of carbonyl (C=O) groups is 4. The summed E-state index contributed by atoms with van der Waals surface area (Å²) >= 11 is 0. The van der Waals surface area contributed by atoms with Crippen molar-refractivity contribution in [3.8, 4) is 11.5 Å². The summed E-state index contributed by atoms with van der Waals surface area (Å²) in [4.78, 5) is 51.4. The molecular weight excluding hydrogens is 889 g/mol. The normalized spacial score (nSPS) is 12.2. The molecule has 12 nitrogen and oxygen atoms in total. The summed E-state index contributed by atoms with van der Waals surface area (Å²) in [5.74, 6) is -0.248. The first-order chi connectivity index (χ1) is 34.5. The van der Waals surface area contributed by atoms with Crippen molar-refractivity contribution in [1.82, 2.24) is 0 Å². The van der Waals surface area contributed by atoms with Crippen molar-refractivity contribution < 1.29 is 58.4 Å². The summed E-state index contributed by atoms with van der Waals surface area (Å²) in [7, 11) is 0. The molecule has 0 spiro atoms. The van der Waals surface area contributed by atoms with Gasteiger partial charge < -0.3 is 28.5 Å². The Hall–Kier alpha value is -5.40. The Balaban J connectivity index is 0.000000655. The van der Waals surface area contributed by atoms with E-state index in [1.54, 1.807) is 0 Å². The van der Waals surface area contributed by atoms with E-state index in [0.29, 0.717) is 25.7 Å². The second-order valence-corrected chi connectivity index (χ2v) is 17.1. The molecule has 4 rings (SSSR count). The first-order valence-electron chi connectivity index (χ1n) is 25.4. The van der Waals surface area contributed by atoms with Crippen LogP contribution < -0.4 is 9.47 Å². The van der Waals surface area contributed by atoms with Crippen LogP contribution in [0.4, 0.5) is 0 Å². The van der Waals surface area contributed by atoms with E-state index in [4.69, 9.17) is 38.3 Å². The van der Waals surface area contributed by atoms with E-state index >= 15 is 0 Å². The fraction of sp³-hybridized carbons (Fsp3) is 0.517. The second-order valence-electron chi connectivity index (χ2n) is 17.1. The number of rotatable bonds is 36. The Morgan fingerprint density at radius 2 is 0.700 bits per heavy atom. The number of hydrogen-bond acceptors (Lipinski definition) is 12. The van der Waals surface area contributed by atoms with Gasteiger partial charge >= 0.3 is 11.9 Å². The van der Waals surface area contributed by atoms with Crippen LogP contribution in [0.2, 0.25) is 0 Å². The Morgan fingerprint density at radius 1 is 0.414 bits per heavy atom. The molecule has 0 radical (unpaired) electrons. The van der Waals surface area contributed by atoms with Crippen LogP contribution in [0.5, 0.6) is 11.5 Å². The second kappa shape index (κ2) is 44.8. The maximum absolute atomic E-state index is 12.9. The van der Waals surface area contributed by atoms with Crippen molar-refractivity contribution >= 4 is 25.5 Å². The zero-order chi connectivity index (χ0) is 51.1. The molecule has 0 aliphatic carbocycles. The molecule has 0 saturated carbocycles. The van der Waals surface area contributed by atoms with Crippen LogP contribution in [-0.2, 0) is 51.3 Å². The highest BCUT2D eigenvalue weighted by Crippen LogP contribution is 2.24. The molecule has 388 valence electrons. The third-order valence-corrected chi connectivity index (χ3v) is 11.7. The number of ether oxygens (including phenoxy) is 4. The highest BCUT2D eigenvalue weighted by molar-refractivity contribution is 5.73. The maximum Gasteiger partial charge on any atom is 0.311 e. The van der Waals surface area contributed by atoms with Crippen molar-refractivity contribution in [3.63, 3.8) is 0 Å². The average molecular weight is 973 g/mol. The fourth-order valence-electron chi connectivity index (χ4n) is 7.96. The summed E-state index contributed by atoms with van der Waals surface area (Å²) in [6, 6.07) is 38.4. The Morgan fingerprint density at radius 3 is 1.00 bits per heavy atom. The van der Waals surface area contributed by atoms with E-state index in [0.717, 1.165) is 54.7 Å². The third-order valence-electron chi connectivity index (χ3n) is 11.7. The minimum atomic E-state index is -0.640. The van der Waals surface area contributed by atoms with E-state index in [-0.39, 0.29) is 38.4 Å². The van der Waals surface area contributed by atoms with Gasteiger partial charge in [0.25, 0.3) is 0 Å². The number of unbranched alkanes of at least 4 members (excludes halogenated alkanes) is 14. The lowest BCUT2D eigenvalue weighted by Crippen LogP contribution is -2.34. The number of carbonyl (C=O) groups excluding carboxylic acids is 4. The van der Waals surface area contributed by atoms with Crippen molar-refractivity contribution in [2.45, 2.75) is 154 Å². The monoisotopic (exact) mass is 973 g/mol. The zero-order valence-electron chi connectivity index (χ0n) is 42.2. The molecule has 0 heterocycles. The zero-order valence-corrected chi connectivity index (χ0v) is 42.2. The molecular formula is C58H84O12. The predicted octanol–water partition coefficient (Wildman–Crippen LogP) is 13.3. The Bertz CT molecular complexity index is 1760. The summed E-state index contributed by atoms with van der Waals surface area (Å²) in [5, 5.41) is 19.2. The number of para-hydroxylation sites is 2. The van der Waals surface area contributed by atoms with Crippen LogP contribution in [0.25, 0.3) is 0 Å². The van der Waals surface area contributed by atoms with E-state index < -0.39 is 24.0 Å². The summed E-state index contributed by atoms with van der Waals surface area (Å²) in [6.45, 7) is 9.32. The van der Waals surface area contributed by atoms with Crippen molar-refractivity contribution in [3.05, 3.63) is 132 Å². The SMILES string of the molecule is C=O.C=O.CCCCCCCCCC(C(=O)OCCOc1ccccc1)C(Cc1ccccc1)OO.CCCCCCCCCCCC(C(=O)OCCOc1ccccc1)C(Cc1ccccc1)OO. The van der Waals surface area contributed by atoms with Gasteiger partial charge in [-0.15, -0.1) is 0 Å². The lowest BCUT2D eigenvalue weighted by Gasteiger charge is -2.23. The van der Waals surface area contributed by atoms with Gasteiger partial charge in [0.15, 0.2) is 0 Å². The van der Waals surface area contributed by atoms with E-state index in [9.17, 15) is 20.1 Å². The fourth-order valence-corrected chi connectivity index (χ4v) is 7.96. The molecule has 0 aromatic heterocycles. The largest absolute Gasteiger partial charge is 0.490 e. The smallest absolute Gasteiger partial charge is 0.311 e. The molecule has 4 aromatic carbocycles. The number of benzene rings is 4. The van der Waals surface area contributed by atoms with Gasteiger partial charge in [0.05, 0.1) is 11.8 Å². The van der Waals surface area contributed by atoms with Crippen molar-refractivity contribution in [2.75, 3.05) is 26.4 Å². The minimum Gasteiger partial charge on any atom is -0.490 e. The molecule has 0 fully saturated rings. The van der Waals surface area contributed by atoms with Crippen molar-refractivity contribution in [2.24, 2.45) is 11.8 Å². The average Bonchev–Trinajstić information content (AvgIpc) is 3.41. The van der Waals surface area contributed by atoms with Crippen molar-refractivity contribution in [1.29, 1.82) is 0 Å². The maximum atomic E-state index is 12.9. The third kappa shape index (κ3) is 30.3. The van der Waals surface area contributed by atoms with Crippen LogP contribution in [0.15, 0.2) is 121 Å². The molecule has 4 unspecified atom stereocenters. The minimum absolute atomic E-state index is 0.157. The first-order valence-corrected chi connectivity index (χ1v) is 25.4. The topological polar surface area (TPSA) is 164 Å². The lowest BCUT2D eigenvalue weighted by atomic mass is 9.91. The molecule has 4 aromatic rings. The highest BCUT2D eigenvalue weighted by Gasteiger charge is 2.32. The Kier molecular flexibility index (Phi) is 40.1. The molecule has 0 amide bonds. The van der Waals surface area contributed by atoms with Gasteiger partial charge in [-0.25, -0.2) is 9.78 Å². The lowest BCUT2D eigenvalue weighted by molar-refractivity contribution is -0.290.